The van der Waals surface area contributed by atoms with Crippen molar-refractivity contribution < 1.29 is 4.74 Å². The second-order valence-corrected chi connectivity index (χ2v) is 5.54. The molecule has 0 radical (unpaired) electrons. The lowest BCUT2D eigenvalue weighted by Crippen LogP contribution is -2.37. The summed E-state index contributed by atoms with van der Waals surface area (Å²) in [5.41, 5.74) is 0. The van der Waals surface area contributed by atoms with E-state index in [0.717, 1.165) is 24.2 Å². The smallest absolute Gasteiger partial charge is 0.228 e. The molecule has 0 spiro atoms. The molecule has 19 heavy (non-hydrogen) atoms. The zero-order chi connectivity index (χ0) is 13.5. The average Bonchev–Trinajstić information content (AvgIpc) is 2.70. The standard InChI is InChI=1S/C14H22BrN3O/c1-2-10-19-13-7-8-16-14(17-13)18-9-5-3-4-6-12(18)11-15/h7-8,12H,2-6,9-11H2,1H3. The summed E-state index contributed by atoms with van der Waals surface area (Å²) in [6.45, 7) is 3.84. The van der Waals surface area contributed by atoms with Crippen LogP contribution in [0.3, 0.4) is 0 Å². The Hall–Kier alpha value is -0.840. The molecule has 1 aliphatic rings. The highest BCUT2D eigenvalue weighted by atomic mass is 79.9. The molecule has 1 atom stereocenters. The normalized spacial score (nSPS) is 20.1. The van der Waals surface area contributed by atoms with Crippen molar-refractivity contribution in [2.45, 2.75) is 45.1 Å². The monoisotopic (exact) mass is 327 g/mol. The second-order valence-electron chi connectivity index (χ2n) is 4.89. The minimum absolute atomic E-state index is 0.490. The molecule has 2 heterocycles. The van der Waals surface area contributed by atoms with Crippen molar-refractivity contribution >= 4 is 21.9 Å². The summed E-state index contributed by atoms with van der Waals surface area (Å²) in [7, 11) is 0. The van der Waals surface area contributed by atoms with E-state index in [0.29, 0.717) is 18.5 Å². The fraction of sp³-hybridized carbons (Fsp3) is 0.714. The molecular formula is C14H22BrN3O. The molecule has 1 fully saturated rings. The van der Waals surface area contributed by atoms with Gasteiger partial charge >= 0.3 is 0 Å². The van der Waals surface area contributed by atoms with Crippen molar-refractivity contribution in [3.8, 4) is 5.88 Å². The SMILES string of the molecule is CCCOc1ccnc(N2CCCCCC2CBr)n1. The third-order valence-electron chi connectivity index (χ3n) is 3.38. The summed E-state index contributed by atoms with van der Waals surface area (Å²) in [5, 5.41) is 0.969. The predicted molar refractivity (Wildman–Crippen MR) is 81.2 cm³/mol. The zero-order valence-electron chi connectivity index (χ0n) is 11.5. The summed E-state index contributed by atoms with van der Waals surface area (Å²) in [6, 6.07) is 2.32. The Morgan fingerprint density at radius 3 is 3.11 bits per heavy atom. The molecule has 0 aliphatic carbocycles. The van der Waals surface area contributed by atoms with E-state index in [1.807, 2.05) is 6.07 Å². The van der Waals surface area contributed by atoms with E-state index in [2.05, 4.69) is 37.7 Å². The van der Waals surface area contributed by atoms with Crippen molar-refractivity contribution in [1.82, 2.24) is 9.97 Å². The molecule has 5 heteroatoms. The summed E-state index contributed by atoms with van der Waals surface area (Å²) >= 11 is 3.62. The molecule has 4 nitrogen and oxygen atoms in total. The largest absolute Gasteiger partial charge is 0.478 e. The van der Waals surface area contributed by atoms with Crippen LogP contribution in [-0.2, 0) is 0 Å². The minimum atomic E-state index is 0.490. The fourth-order valence-electron chi connectivity index (χ4n) is 2.36. The number of rotatable bonds is 5. The maximum atomic E-state index is 5.60. The molecule has 0 bridgehead atoms. The van der Waals surface area contributed by atoms with Crippen molar-refractivity contribution in [3.05, 3.63) is 12.3 Å². The van der Waals surface area contributed by atoms with Crippen LogP contribution in [0.5, 0.6) is 5.88 Å². The summed E-state index contributed by atoms with van der Waals surface area (Å²) < 4.78 is 5.60. The zero-order valence-corrected chi connectivity index (χ0v) is 13.1. The van der Waals surface area contributed by atoms with Crippen LogP contribution in [0.25, 0.3) is 0 Å². The highest BCUT2D eigenvalue weighted by Gasteiger charge is 2.22. The first-order valence-corrected chi connectivity index (χ1v) is 8.25. The second kappa shape index (κ2) is 7.68. The van der Waals surface area contributed by atoms with Crippen LogP contribution in [0.2, 0.25) is 0 Å². The van der Waals surface area contributed by atoms with Gasteiger partial charge in [-0.15, -0.1) is 0 Å². The van der Waals surface area contributed by atoms with E-state index in [9.17, 15) is 0 Å². The predicted octanol–water partition coefficient (Wildman–Crippen LogP) is 3.41. The molecule has 0 aromatic carbocycles. The minimum Gasteiger partial charge on any atom is -0.478 e. The lowest BCUT2D eigenvalue weighted by molar-refractivity contribution is 0.304. The van der Waals surface area contributed by atoms with Crippen LogP contribution in [0.1, 0.15) is 39.0 Å². The van der Waals surface area contributed by atoms with Crippen LogP contribution in [0.15, 0.2) is 12.3 Å². The molecule has 2 rings (SSSR count). The van der Waals surface area contributed by atoms with Gasteiger partial charge in [0, 0.05) is 30.2 Å². The van der Waals surface area contributed by atoms with Crippen molar-refractivity contribution in [2.24, 2.45) is 0 Å². The number of anilines is 1. The number of hydrogen-bond acceptors (Lipinski definition) is 4. The number of ether oxygens (including phenoxy) is 1. The van der Waals surface area contributed by atoms with Gasteiger partial charge in [0.25, 0.3) is 0 Å². The quantitative estimate of drug-likeness (QED) is 0.777. The molecule has 0 N–H and O–H groups in total. The van der Waals surface area contributed by atoms with Gasteiger partial charge in [-0.25, -0.2) is 4.98 Å². The van der Waals surface area contributed by atoms with E-state index < -0.39 is 0 Å². The van der Waals surface area contributed by atoms with Crippen LogP contribution in [-0.4, -0.2) is 34.5 Å². The van der Waals surface area contributed by atoms with Gasteiger partial charge in [0.15, 0.2) is 0 Å². The van der Waals surface area contributed by atoms with Gasteiger partial charge in [-0.05, 0) is 19.3 Å². The molecular weight excluding hydrogens is 306 g/mol. The summed E-state index contributed by atoms with van der Waals surface area (Å²) in [5.74, 6) is 1.49. The molecule has 1 saturated heterocycles. The van der Waals surface area contributed by atoms with E-state index in [1.165, 1.54) is 25.7 Å². The van der Waals surface area contributed by atoms with E-state index in [-0.39, 0.29) is 0 Å². The molecule has 1 unspecified atom stereocenters. The third kappa shape index (κ3) is 4.06. The van der Waals surface area contributed by atoms with Crippen molar-refractivity contribution in [2.75, 3.05) is 23.4 Å². The van der Waals surface area contributed by atoms with Gasteiger partial charge in [-0.2, -0.15) is 4.98 Å². The average molecular weight is 328 g/mol. The summed E-state index contributed by atoms with van der Waals surface area (Å²) in [6.07, 6.45) is 7.79. The Balaban J connectivity index is 2.13. The molecule has 0 saturated carbocycles. The van der Waals surface area contributed by atoms with E-state index >= 15 is 0 Å². The molecule has 1 aromatic rings. The Morgan fingerprint density at radius 1 is 1.42 bits per heavy atom. The first kappa shape index (κ1) is 14.6. The first-order chi connectivity index (χ1) is 9.35. The van der Waals surface area contributed by atoms with Crippen LogP contribution in [0, 0.1) is 0 Å². The lowest BCUT2D eigenvalue weighted by atomic mass is 10.1. The summed E-state index contributed by atoms with van der Waals surface area (Å²) in [4.78, 5) is 11.3. The number of nitrogens with zero attached hydrogens (tertiary/aromatic N) is 3. The fourth-order valence-corrected chi connectivity index (χ4v) is 3.03. The molecule has 106 valence electrons. The van der Waals surface area contributed by atoms with Gasteiger partial charge in [-0.3, -0.25) is 0 Å². The van der Waals surface area contributed by atoms with E-state index in [1.54, 1.807) is 6.20 Å². The molecule has 1 aromatic heterocycles. The number of halogens is 1. The third-order valence-corrected chi connectivity index (χ3v) is 4.13. The number of aromatic nitrogens is 2. The van der Waals surface area contributed by atoms with Crippen LogP contribution < -0.4 is 9.64 Å². The van der Waals surface area contributed by atoms with Gasteiger partial charge in [0.05, 0.1) is 6.61 Å². The Morgan fingerprint density at radius 2 is 2.32 bits per heavy atom. The first-order valence-electron chi connectivity index (χ1n) is 7.13. The maximum Gasteiger partial charge on any atom is 0.228 e. The van der Waals surface area contributed by atoms with Gasteiger partial charge < -0.3 is 9.64 Å². The Kier molecular flexibility index (Phi) is 5.89. The highest BCUT2D eigenvalue weighted by molar-refractivity contribution is 9.09. The van der Waals surface area contributed by atoms with Crippen molar-refractivity contribution in [3.63, 3.8) is 0 Å². The van der Waals surface area contributed by atoms with Crippen LogP contribution >= 0.6 is 15.9 Å². The molecule has 0 amide bonds. The van der Waals surface area contributed by atoms with Gasteiger partial charge in [0.1, 0.15) is 0 Å². The topological polar surface area (TPSA) is 38.2 Å². The Bertz CT molecular complexity index is 389. The number of alkyl halides is 1. The van der Waals surface area contributed by atoms with Gasteiger partial charge in [0.2, 0.25) is 11.8 Å². The maximum absolute atomic E-state index is 5.60. The van der Waals surface area contributed by atoms with Crippen LogP contribution in [0.4, 0.5) is 5.95 Å². The highest BCUT2D eigenvalue weighted by Crippen LogP contribution is 2.23. The van der Waals surface area contributed by atoms with E-state index in [4.69, 9.17) is 4.74 Å². The number of hydrogen-bond donors (Lipinski definition) is 0. The Labute approximate surface area is 123 Å². The van der Waals surface area contributed by atoms with Gasteiger partial charge in [-0.1, -0.05) is 35.7 Å². The lowest BCUT2D eigenvalue weighted by Gasteiger charge is -2.28. The molecule has 1 aliphatic heterocycles. The van der Waals surface area contributed by atoms with Crippen molar-refractivity contribution in [1.29, 1.82) is 0 Å².